The van der Waals surface area contributed by atoms with Gasteiger partial charge in [0, 0.05) is 12.5 Å². The largest absolute Gasteiger partial charge is 0.489 e. The van der Waals surface area contributed by atoms with E-state index in [4.69, 9.17) is 9.47 Å². The Labute approximate surface area is 197 Å². The van der Waals surface area contributed by atoms with Crippen molar-refractivity contribution in [3.63, 3.8) is 0 Å². The molecule has 0 aliphatic rings. The molecule has 7 nitrogen and oxygen atoms in total. The molecule has 0 radical (unpaired) electrons. The summed E-state index contributed by atoms with van der Waals surface area (Å²) in [6, 6.07) is 21.6. The van der Waals surface area contributed by atoms with Crippen LogP contribution in [-0.2, 0) is 19.6 Å². The zero-order valence-corrected chi connectivity index (χ0v) is 19.5. The number of pyridine rings is 1. The van der Waals surface area contributed by atoms with Crippen molar-refractivity contribution in [1.82, 2.24) is 18.9 Å². The van der Waals surface area contributed by atoms with Gasteiger partial charge in [0.2, 0.25) is 5.88 Å². The smallest absolute Gasteiger partial charge is 0.277 e. The van der Waals surface area contributed by atoms with Crippen LogP contribution in [0.25, 0.3) is 16.7 Å². The topological polar surface area (TPSA) is 70.7 Å². The van der Waals surface area contributed by atoms with Crippen LogP contribution in [0.1, 0.15) is 29.6 Å². The summed E-state index contributed by atoms with van der Waals surface area (Å²) in [5.74, 6) is 2.08. The molecule has 34 heavy (non-hydrogen) atoms. The maximum atomic E-state index is 13.6. The van der Waals surface area contributed by atoms with E-state index in [1.807, 2.05) is 78.9 Å². The monoisotopic (exact) mass is 454 g/mol. The normalized spacial score (nSPS) is 11.3. The Kier molecular flexibility index (Phi) is 5.76. The molecule has 0 amide bonds. The molecule has 3 aromatic heterocycles. The summed E-state index contributed by atoms with van der Waals surface area (Å²) in [5.41, 5.74) is 4.66. The van der Waals surface area contributed by atoms with Crippen molar-refractivity contribution >= 4 is 16.7 Å². The Bertz CT molecular complexity index is 1520. The van der Waals surface area contributed by atoms with Gasteiger partial charge >= 0.3 is 0 Å². The Morgan fingerprint density at radius 3 is 2.38 bits per heavy atom. The van der Waals surface area contributed by atoms with E-state index >= 15 is 0 Å². The number of aryl methyl sites for hydroxylation is 2. The number of aromatic nitrogens is 4. The second-order valence-electron chi connectivity index (χ2n) is 8.16. The van der Waals surface area contributed by atoms with E-state index in [0.29, 0.717) is 42.3 Å². The number of hydrogen-bond donors (Lipinski definition) is 0. The van der Waals surface area contributed by atoms with Crippen LogP contribution < -0.4 is 15.0 Å². The van der Waals surface area contributed by atoms with Crippen molar-refractivity contribution in [1.29, 1.82) is 0 Å². The van der Waals surface area contributed by atoms with E-state index in [1.54, 1.807) is 17.7 Å². The quantitative estimate of drug-likeness (QED) is 0.361. The second kappa shape index (κ2) is 9.02. The first kappa shape index (κ1) is 21.7. The lowest BCUT2D eigenvalue weighted by Gasteiger charge is -2.14. The summed E-state index contributed by atoms with van der Waals surface area (Å²) in [7, 11) is 1.59. The highest BCUT2D eigenvalue weighted by molar-refractivity contribution is 5.77. The third-order valence-corrected chi connectivity index (χ3v) is 5.94. The van der Waals surface area contributed by atoms with Gasteiger partial charge in [-0.25, -0.2) is 4.98 Å². The lowest BCUT2D eigenvalue weighted by molar-refractivity contribution is 0.306. The van der Waals surface area contributed by atoms with Gasteiger partial charge in [0.1, 0.15) is 23.7 Å². The Morgan fingerprint density at radius 2 is 1.68 bits per heavy atom. The van der Waals surface area contributed by atoms with Crippen molar-refractivity contribution in [2.75, 3.05) is 7.11 Å². The molecule has 0 spiro atoms. The molecule has 3 heterocycles. The SMILES string of the molecule is CCc1nc(C)c2c(=O)n(Cc3ccc(OCc4ccccc4)cc3)c3ccc(OC)nc3n12. The van der Waals surface area contributed by atoms with E-state index in [9.17, 15) is 4.79 Å². The van der Waals surface area contributed by atoms with Gasteiger partial charge in [-0.15, -0.1) is 0 Å². The Morgan fingerprint density at radius 1 is 0.912 bits per heavy atom. The van der Waals surface area contributed by atoms with Crippen LogP contribution in [0.2, 0.25) is 0 Å². The first-order chi connectivity index (χ1) is 16.6. The van der Waals surface area contributed by atoms with Crippen molar-refractivity contribution < 1.29 is 9.47 Å². The highest BCUT2D eigenvalue weighted by Gasteiger charge is 2.19. The molecule has 0 atom stereocenters. The van der Waals surface area contributed by atoms with Crippen molar-refractivity contribution in [2.45, 2.75) is 33.4 Å². The number of rotatable bonds is 7. The average molecular weight is 455 g/mol. The zero-order valence-electron chi connectivity index (χ0n) is 19.5. The molecule has 172 valence electrons. The molecular formula is C27H26N4O3. The molecule has 0 bridgehead atoms. The maximum Gasteiger partial charge on any atom is 0.277 e. The van der Waals surface area contributed by atoms with Crippen LogP contribution in [-0.4, -0.2) is 26.0 Å². The van der Waals surface area contributed by atoms with Gasteiger partial charge in [0.05, 0.1) is 24.9 Å². The second-order valence-corrected chi connectivity index (χ2v) is 8.16. The summed E-state index contributed by atoms with van der Waals surface area (Å²) < 4.78 is 14.9. The molecular weight excluding hydrogens is 428 g/mol. The molecule has 0 saturated heterocycles. The molecule has 2 aromatic carbocycles. The maximum absolute atomic E-state index is 13.6. The predicted molar refractivity (Wildman–Crippen MR) is 132 cm³/mol. The number of nitrogens with zero attached hydrogens (tertiary/aromatic N) is 4. The molecule has 0 unspecified atom stereocenters. The average Bonchev–Trinajstić information content (AvgIpc) is 3.23. The first-order valence-corrected chi connectivity index (χ1v) is 11.3. The van der Waals surface area contributed by atoms with Gasteiger partial charge in [0.25, 0.3) is 5.56 Å². The molecule has 0 fully saturated rings. The van der Waals surface area contributed by atoms with Gasteiger partial charge < -0.3 is 9.47 Å². The molecule has 0 N–H and O–H groups in total. The van der Waals surface area contributed by atoms with E-state index in [1.165, 1.54) is 0 Å². The van der Waals surface area contributed by atoms with Gasteiger partial charge in [-0.1, -0.05) is 49.4 Å². The van der Waals surface area contributed by atoms with E-state index in [0.717, 1.165) is 28.2 Å². The van der Waals surface area contributed by atoms with E-state index < -0.39 is 0 Å². The number of hydrogen-bond acceptors (Lipinski definition) is 5. The van der Waals surface area contributed by atoms with Crippen molar-refractivity contribution in [2.24, 2.45) is 0 Å². The predicted octanol–water partition coefficient (Wildman–Crippen LogP) is 4.55. The van der Waals surface area contributed by atoms with E-state index in [-0.39, 0.29) is 5.56 Å². The molecule has 0 aliphatic heterocycles. The number of imidazole rings is 1. The summed E-state index contributed by atoms with van der Waals surface area (Å²) in [6.07, 6.45) is 0.691. The van der Waals surface area contributed by atoms with Crippen LogP contribution in [0.3, 0.4) is 0 Å². The van der Waals surface area contributed by atoms with Crippen LogP contribution in [0.15, 0.2) is 71.5 Å². The standard InChI is InChI=1S/C27H26N4O3/c1-4-23-28-18(2)25-27(32)30(22-14-15-24(33-3)29-26(22)31(23)25)16-19-10-12-21(13-11-19)34-17-20-8-6-5-7-9-20/h5-15H,4,16-17H2,1-3H3. The van der Waals surface area contributed by atoms with Gasteiger partial charge in [-0.3, -0.25) is 13.8 Å². The lowest BCUT2D eigenvalue weighted by Crippen LogP contribution is -2.24. The molecule has 7 heteroatoms. The third kappa shape index (κ3) is 3.90. The minimum Gasteiger partial charge on any atom is -0.489 e. The lowest BCUT2D eigenvalue weighted by atomic mass is 10.2. The molecule has 5 aromatic rings. The van der Waals surface area contributed by atoms with Gasteiger partial charge in [-0.05, 0) is 36.2 Å². The van der Waals surface area contributed by atoms with E-state index in [2.05, 4.69) is 9.97 Å². The van der Waals surface area contributed by atoms with Crippen LogP contribution in [0, 0.1) is 6.92 Å². The minimum absolute atomic E-state index is 0.0893. The number of benzene rings is 2. The van der Waals surface area contributed by atoms with Crippen molar-refractivity contribution in [3.8, 4) is 11.6 Å². The first-order valence-electron chi connectivity index (χ1n) is 11.3. The summed E-state index contributed by atoms with van der Waals surface area (Å²) >= 11 is 0. The van der Waals surface area contributed by atoms with Crippen LogP contribution >= 0.6 is 0 Å². The number of fused-ring (bicyclic) bond motifs is 3. The Balaban J connectivity index is 1.52. The number of methoxy groups -OCH3 is 1. The third-order valence-electron chi connectivity index (χ3n) is 5.94. The van der Waals surface area contributed by atoms with Crippen molar-refractivity contribution in [3.05, 3.63) is 99.7 Å². The molecule has 5 rings (SSSR count). The highest BCUT2D eigenvalue weighted by Crippen LogP contribution is 2.22. The van der Waals surface area contributed by atoms with Gasteiger partial charge in [0.15, 0.2) is 5.65 Å². The number of ether oxygens (including phenoxy) is 2. The minimum atomic E-state index is -0.0893. The summed E-state index contributed by atoms with van der Waals surface area (Å²) in [6.45, 7) is 4.80. The molecule has 0 aliphatic carbocycles. The van der Waals surface area contributed by atoms with Crippen LogP contribution in [0.5, 0.6) is 11.6 Å². The highest BCUT2D eigenvalue weighted by atomic mass is 16.5. The fraction of sp³-hybridized carbons (Fsp3) is 0.222. The van der Waals surface area contributed by atoms with Gasteiger partial charge in [-0.2, -0.15) is 4.98 Å². The fourth-order valence-electron chi connectivity index (χ4n) is 4.22. The zero-order chi connectivity index (χ0) is 23.7. The van der Waals surface area contributed by atoms with Crippen LogP contribution in [0.4, 0.5) is 0 Å². The fourth-order valence-corrected chi connectivity index (χ4v) is 4.22. The summed E-state index contributed by atoms with van der Waals surface area (Å²) in [5, 5.41) is 0. The molecule has 0 saturated carbocycles. The Hall–Kier alpha value is -4.13. The summed E-state index contributed by atoms with van der Waals surface area (Å²) in [4.78, 5) is 22.9.